The van der Waals surface area contributed by atoms with Crippen LogP contribution in [0.15, 0.2) is 261 Å². The molecular weight excluding hydrogens is 907 g/mol. The Labute approximate surface area is 442 Å². The lowest BCUT2D eigenvalue weighted by atomic mass is 9.86. The van der Waals surface area contributed by atoms with E-state index in [1.54, 1.807) is 0 Å². The molecule has 9 aromatic carbocycles. The average molecular weight is 960 g/mol. The van der Waals surface area contributed by atoms with Crippen LogP contribution < -0.4 is 0 Å². The molecule has 0 fully saturated rings. The van der Waals surface area contributed by atoms with Gasteiger partial charge < -0.3 is 0 Å². The molecule has 75 heavy (non-hydrogen) atoms. The van der Waals surface area contributed by atoms with Gasteiger partial charge in [-0.25, -0.2) is 0 Å². The fourth-order valence-corrected chi connectivity index (χ4v) is 10.6. The monoisotopic (exact) mass is 959 g/mol. The normalized spacial score (nSPS) is 12.6. The topological polar surface area (TPSA) is 38.7 Å². The Kier molecular flexibility index (Phi) is 11.2. The Morgan fingerprint density at radius 2 is 0.627 bits per heavy atom. The summed E-state index contributed by atoms with van der Waals surface area (Å²) in [7, 11) is 0. The van der Waals surface area contributed by atoms with Crippen molar-refractivity contribution in [2.24, 2.45) is 0 Å². The van der Waals surface area contributed by atoms with Gasteiger partial charge in [-0.1, -0.05) is 200 Å². The molecule has 0 amide bonds. The number of nitrogens with zero attached hydrogens (tertiary/aromatic N) is 3. The first-order chi connectivity index (χ1) is 37.7. The van der Waals surface area contributed by atoms with Crippen LogP contribution in [0, 0.1) is 13.8 Å². The second-order valence-electron chi connectivity index (χ2n) is 19.5. The van der Waals surface area contributed by atoms with Crippen LogP contribution in [-0.2, 0) is 6.37 Å². The van der Waals surface area contributed by atoms with Crippen LogP contribution in [-0.4, -0.2) is 15.0 Å². The SMILES string of the molecule is [2H]C1([2H])c2ccccc2-c2ccc(-c3ccnc(-c4ccc(-c5ccccc5-c5cc(-c6ccccc6-c6ccc(-c7ccc(C)cn7)cc6)cc(-c6ccccc6-c6ccc(-c7ccc(C)cn7)cc6)c5)cc4)c3)cc21. The van der Waals surface area contributed by atoms with E-state index < -0.39 is 6.37 Å². The molecule has 0 saturated carbocycles. The molecule has 3 heterocycles. The van der Waals surface area contributed by atoms with Crippen LogP contribution in [0.2, 0.25) is 0 Å². The lowest BCUT2D eigenvalue weighted by molar-refractivity contribution is 1.26. The van der Waals surface area contributed by atoms with Gasteiger partial charge in [0.2, 0.25) is 0 Å². The fraction of sp³-hybridized carbons (Fsp3) is 0.0417. The minimum Gasteiger partial charge on any atom is -0.256 e. The maximum absolute atomic E-state index is 9.05. The van der Waals surface area contributed by atoms with Gasteiger partial charge in [-0.3, -0.25) is 15.0 Å². The Balaban J connectivity index is 0.885. The number of benzene rings is 9. The van der Waals surface area contributed by atoms with Crippen molar-refractivity contribution < 1.29 is 2.74 Å². The van der Waals surface area contributed by atoms with Gasteiger partial charge in [0.15, 0.2) is 0 Å². The number of pyridine rings is 3. The van der Waals surface area contributed by atoms with Crippen LogP contribution in [0.4, 0.5) is 0 Å². The zero-order valence-electron chi connectivity index (χ0n) is 43.7. The van der Waals surface area contributed by atoms with Crippen LogP contribution in [0.25, 0.3) is 123 Å². The van der Waals surface area contributed by atoms with E-state index in [0.717, 1.165) is 139 Å². The number of hydrogen-bond donors (Lipinski definition) is 0. The van der Waals surface area contributed by atoms with Gasteiger partial charge in [-0.05, 0) is 174 Å². The predicted molar refractivity (Wildman–Crippen MR) is 312 cm³/mol. The number of aryl methyl sites for hydroxylation is 2. The molecule has 0 radical (unpaired) electrons. The second-order valence-corrected chi connectivity index (χ2v) is 19.5. The molecule has 13 rings (SSSR count). The zero-order chi connectivity index (χ0) is 52.0. The molecule has 3 heteroatoms. The third-order valence-electron chi connectivity index (χ3n) is 14.5. The van der Waals surface area contributed by atoms with Crippen LogP contribution in [0.1, 0.15) is 25.0 Å². The van der Waals surface area contributed by atoms with Crippen molar-refractivity contribution in [2.75, 3.05) is 0 Å². The molecule has 3 aromatic heterocycles. The Morgan fingerprint density at radius 3 is 1.07 bits per heavy atom. The van der Waals surface area contributed by atoms with Crippen molar-refractivity contribution >= 4 is 0 Å². The summed E-state index contributed by atoms with van der Waals surface area (Å²) in [6, 6.07) is 86.0. The van der Waals surface area contributed by atoms with E-state index in [4.69, 9.17) is 17.7 Å². The second kappa shape index (κ2) is 19.5. The first kappa shape index (κ1) is 43.1. The number of rotatable bonds is 10. The van der Waals surface area contributed by atoms with Gasteiger partial charge in [0.1, 0.15) is 0 Å². The van der Waals surface area contributed by atoms with E-state index in [0.29, 0.717) is 5.56 Å². The maximum Gasteiger partial charge on any atom is 0.0708 e. The summed E-state index contributed by atoms with van der Waals surface area (Å²) in [5.41, 5.74) is 27.0. The Morgan fingerprint density at radius 1 is 0.267 bits per heavy atom. The van der Waals surface area contributed by atoms with Gasteiger partial charge in [-0.15, -0.1) is 0 Å². The van der Waals surface area contributed by atoms with Crippen molar-refractivity contribution in [3.63, 3.8) is 0 Å². The Hall–Kier alpha value is -9.57. The minimum atomic E-state index is -1.57. The highest BCUT2D eigenvalue weighted by Crippen LogP contribution is 2.44. The lowest BCUT2D eigenvalue weighted by Crippen LogP contribution is -1.92. The molecule has 0 unspecified atom stereocenters. The lowest BCUT2D eigenvalue weighted by Gasteiger charge is -2.18. The summed E-state index contributed by atoms with van der Waals surface area (Å²) >= 11 is 0. The summed E-state index contributed by atoms with van der Waals surface area (Å²) in [6.45, 7) is 4.13. The first-order valence-electron chi connectivity index (χ1n) is 26.5. The smallest absolute Gasteiger partial charge is 0.0708 e. The third kappa shape index (κ3) is 8.96. The van der Waals surface area contributed by atoms with E-state index >= 15 is 0 Å². The summed E-state index contributed by atoms with van der Waals surface area (Å²) in [6.07, 6.45) is 4.12. The van der Waals surface area contributed by atoms with Crippen molar-refractivity contribution in [3.05, 3.63) is 283 Å². The highest BCUT2D eigenvalue weighted by atomic mass is 14.7. The number of hydrogen-bond acceptors (Lipinski definition) is 3. The predicted octanol–water partition coefficient (Wildman–Crippen LogP) is 18.7. The van der Waals surface area contributed by atoms with Crippen molar-refractivity contribution in [2.45, 2.75) is 20.2 Å². The zero-order valence-corrected chi connectivity index (χ0v) is 41.7. The quantitative estimate of drug-likeness (QED) is 0.137. The van der Waals surface area contributed by atoms with Crippen LogP contribution in [0.5, 0.6) is 0 Å². The largest absolute Gasteiger partial charge is 0.256 e. The molecule has 0 N–H and O–H groups in total. The molecule has 1 aliphatic rings. The molecule has 0 bridgehead atoms. The van der Waals surface area contributed by atoms with Gasteiger partial charge >= 0.3 is 0 Å². The molecule has 0 spiro atoms. The summed E-state index contributed by atoms with van der Waals surface area (Å²) in [5.74, 6) is 0. The minimum absolute atomic E-state index is 0.701. The van der Waals surface area contributed by atoms with Gasteiger partial charge in [0, 0.05) is 38.0 Å². The van der Waals surface area contributed by atoms with E-state index in [1.807, 2.05) is 55.0 Å². The highest BCUT2D eigenvalue weighted by Gasteiger charge is 2.20. The Bertz CT molecular complexity index is 4010. The van der Waals surface area contributed by atoms with Crippen molar-refractivity contribution in [1.82, 2.24) is 15.0 Å². The van der Waals surface area contributed by atoms with Crippen molar-refractivity contribution in [1.29, 1.82) is 0 Å². The fourth-order valence-electron chi connectivity index (χ4n) is 10.6. The van der Waals surface area contributed by atoms with Gasteiger partial charge in [0.25, 0.3) is 0 Å². The molecule has 0 saturated heterocycles. The number of fused-ring (bicyclic) bond motifs is 3. The van der Waals surface area contributed by atoms with E-state index in [9.17, 15) is 0 Å². The summed E-state index contributed by atoms with van der Waals surface area (Å²) < 4.78 is 18.1. The maximum atomic E-state index is 9.05. The summed E-state index contributed by atoms with van der Waals surface area (Å²) in [4.78, 5) is 14.2. The first-order valence-corrected chi connectivity index (χ1v) is 25.5. The molecule has 0 atom stereocenters. The molecule has 1 aliphatic carbocycles. The number of aromatic nitrogens is 3. The van der Waals surface area contributed by atoms with Crippen LogP contribution in [0.3, 0.4) is 0 Å². The van der Waals surface area contributed by atoms with E-state index in [2.05, 4.69) is 220 Å². The highest BCUT2D eigenvalue weighted by molar-refractivity contribution is 5.95. The average Bonchev–Trinajstić information content (AvgIpc) is 3.89. The molecule has 12 aromatic rings. The van der Waals surface area contributed by atoms with Gasteiger partial charge in [0.05, 0.1) is 17.1 Å². The summed E-state index contributed by atoms with van der Waals surface area (Å²) in [5, 5.41) is 0. The van der Waals surface area contributed by atoms with E-state index in [1.165, 1.54) is 0 Å². The molecule has 0 aliphatic heterocycles. The van der Waals surface area contributed by atoms with Crippen molar-refractivity contribution in [3.8, 4) is 123 Å². The molecular formula is C72H51N3. The molecule has 3 nitrogen and oxygen atoms in total. The third-order valence-corrected chi connectivity index (χ3v) is 14.5. The van der Waals surface area contributed by atoms with Gasteiger partial charge in [-0.2, -0.15) is 0 Å². The standard InChI is InChI=1S/C72H51N3/c1-47-19-35-70(74-45-47)52-27-21-49(22-28-52)62-12-5-8-16-66(62)59-41-60(67-17-9-6-13-63(67)50-23-29-53(30-24-50)71-36-20-48(2)46-75-71)43-61(42-59)68-18-10-7-14-64(68)51-25-31-54(32-26-51)72-44-56(37-38-73-72)55-33-34-69-58(39-55)40-57-11-3-4-15-65(57)69/h3-39,41-46H,40H2,1-2H3/i40D2. The van der Waals surface area contributed by atoms with E-state index in [-0.39, 0.29) is 0 Å². The molecule has 354 valence electrons. The van der Waals surface area contributed by atoms with Crippen LogP contribution >= 0.6 is 0 Å².